The van der Waals surface area contributed by atoms with Crippen molar-refractivity contribution in [2.24, 2.45) is 0 Å². The molecule has 2 amide bonds. The van der Waals surface area contributed by atoms with Gasteiger partial charge in [0.2, 0.25) is 11.8 Å². The van der Waals surface area contributed by atoms with Crippen LogP contribution in [-0.2, 0) is 16.1 Å². The van der Waals surface area contributed by atoms with Crippen molar-refractivity contribution in [3.05, 3.63) is 16.1 Å². The molecule has 1 atom stereocenters. The summed E-state index contributed by atoms with van der Waals surface area (Å²) in [5.74, 6) is 0.0755. The molecular formula is C15H21N3O2S. The smallest absolute Gasteiger partial charge is 0.249 e. The Hall–Kier alpha value is -1.43. The van der Waals surface area contributed by atoms with Gasteiger partial charge in [-0.15, -0.1) is 11.3 Å². The van der Waals surface area contributed by atoms with Crippen LogP contribution < -0.4 is 5.32 Å². The number of hydrogen-bond acceptors (Lipinski definition) is 4. The van der Waals surface area contributed by atoms with Gasteiger partial charge in [0.1, 0.15) is 16.6 Å². The molecule has 5 nitrogen and oxygen atoms in total. The van der Waals surface area contributed by atoms with Gasteiger partial charge in [-0.2, -0.15) is 0 Å². The van der Waals surface area contributed by atoms with Gasteiger partial charge in [0, 0.05) is 11.1 Å². The minimum atomic E-state index is -0.644. The maximum absolute atomic E-state index is 13.0. The van der Waals surface area contributed by atoms with Crippen molar-refractivity contribution in [2.75, 3.05) is 0 Å². The maximum atomic E-state index is 13.0. The Labute approximate surface area is 128 Å². The zero-order valence-electron chi connectivity index (χ0n) is 12.5. The number of carbonyl (C=O) groups is 2. The van der Waals surface area contributed by atoms with E-state index in [0.29, 0.717) is 13.0 Å². The molecule has 1 N–H and O–H groups in total. The average molecular weight is 307 g/mol. The number of nitrogens with zero attached hydrogens (tertiary/aromatic N) is 2. The van der Waals surface area contributed by atoms with Gasteiger partial charge in [0.05, 0.1) is 6.54 Å². The minimum Gasteiger partial charge on any atom is -0.340 e. The molecule has 0 bridgehead atoms. The number of rotatable bonds is 3. The van der Waals surface area contributed by atoms with Crippen LogP contribution in [0.25, 0.3) is 0 Å². The maximum Gasteiger partial charge on any atom is 0.249 e. The summed E-state index contributed by atoms with van der Waals surface area (Å²) in [6.45, 7) is 4.34. The van der Waals surface area contributed by atoms with Crippen LogP contribution in [0.15, 0.2) is 5.38 Å². The van der Waals surface area contributed by atoms with Crippen molar-refractivity contribution >= 4 is 23.2 Å². The molecule has 1 unspecified atom stereocenters. The van der Waals surface area contributed by atoms with Crippen LogP contribution in [0.4, 0.5) is 0 Å². The number of thiazole rings is 1. The van der Waals surface area contributed by atoms with Crippen molar-refractivity contribution in [2.45, 2.75) is 64.1 Å². The Balaban J connectivity index is 1.89. The summed E-state index contributed by atoms with van der Waals surface area (Å²) in [4.78, 5) is 31.6. The summed E-state index contributed by atoms with van der Waals surface area (Å²) >= 11 is 1.55. The number of aromatic nitrogens is 1. The zero-order valence-corrected chi connectivity index (χ0v) is 13.3. The molecule has 1 aliphatic heterocycles. The Morgan fingerprint density at radius 2 is 2.14 bits per heavy atom. The molecular weight excluding hydrogens is 286 g/mol. The molecule has 6 heteroatoms. The number of hydrogen-bond donors (Lipinski definition) is 1. The normalized spacial score (nSPS) is 24.7. The molecule has 1 aliphatic carbocycles. The number of amides is 2. The van der Waals surface area contributed by atoms with Crippen molar-refractivity contribution < 1.29 is 9.59 Å². The Bertz CT molecular complexity index is 563. The lowest BCUT2D eigenvalue weighted by atomic mass is 9.90. The Morgan fingerprint density at radius 1 is 1.43 bits per heavy atom. The first-order valence-corrected chi connectivity index (χ1v) is 8.48. The third-order valence-corrected chi connectivity index (χ3v) is 5.48. The van der Waals surface area contributed by atoms with Gasteiger partial charge in [0.15, 0.2) is 0 Å². The first kappa shape index (κ1) is 14.5. The van der Waals surface area contributed by atoms with Crippen molar-refractivity contribution in [3.8, 4) is 0 Å². The SMILES string of the molecule is CCC1C(=O)NC2(CCCC2)C(=O)N1Cc1nc(C)cs1. The van der Waals surface area contributed by atoms with E-state index < -0.39 is 5.54 Å². The van der Waals surface area contributed by atoms with E-state index in [9.17, 15) is 9.59 Å². The van der Waals surface area contributed by atoms with Gasteiger partial charge >= 0.3 is 0 Å². The summed E-state index contributed by atoms with van der Waals surface area (Å²) < 4.78 is 0. The second kappa shape index (κ2) is 5.40. The summed E-state index contributed by atoms with van der Waals surface area (Å²) in [5, 5.41) is 5.90. The fourth-order valence-electron chi connectivity index (χ4n) is 3.46. The third-order valence-electron chi connectivity index (χ3n) is 4.53. The number of nitrogens with one attached hydrogen (secondary N) is 1. The predicted octanol–water partition coefficient (Wildman–Crippen LogP) is 2.00. The van der Waals surface area contributed by atoms with E-state index in [1.807, 2.05) is 19.2 Å². The molecule has 0 aromatic carbocycles. The molecule has 1 saturated carbocycles. The number of aryl methyl sites for hydroxylation is 1. The monoisotopic (exact) mass is 307 g/mol. The molecule has 3 rings (SSSR count). The van der Waals surface area contributed by atoms with Crippen molar-refractivity contribution in [3.63, 3.8) is 0 Å². The first-order chi connectivity index (χ1) is 10.1. The molecule has 0 radical (unpaired) electrons. The van der Waals surface area contributed by atoms with Crippen LogP contribution in [0.3, 0.4) is 0 Å². The van der Waals surface area contributed by atoms with Crippen LogP contribution in [0.1, 0.15) is 49.7 Å². The van der Waals surface area contributed by atoms with Crippen LogP contribution in [0.5, 0.6) is 0 Å². The Kier molecular flexibility index (Phi) is 3.73. The van der Waals surface area contributed by atoms with Crippen LogP contribution in [0, 0.1) is 6.92 Å². The van der Waals surface area contributed by atoms with E-state index in [-0.39, 0.29) is 17.9 Å². The highest BCUT2D eigenvalue weighted by Crippen LogP contribution is 2.35. The molecule has 2 heterocycles. The van der Waals surface area contributed by atoms with Crippen molar-refractivity contribution in [1.29, 1.82) is 0 Å². The largest absolute Gasteiger partial charge is 0.340 e. The molecule has 1 aromatic heterocycles. The highest BCUT2D eigenvalue weighted by Gasteiger charge is 2.51. The predicted molar refractivity (Wildman–Crippen MR) is 80.8 cm³/mol. The fourth-order valence-corrected chi connectivity index (χ4v) is 4.23. The van der Waals surface area contributed by atoms with E-state index in [0.717, 1.165) is 36.4 Å². The second-order valence-electron chi connectivity index (χ2n) is 6.02. The highest BCUT2D eigenvalue weighted by molar-refractivity contribution is 7.09. The van der Waals surface area contributed by atoms with Gasteiger partial charge in [-0.25, -0.2) is 4.98 Å². The van der Waals surface area contributed by atoms with Gasteiger partial charge in [-0.1, -0.05) is 19.8 Å². The van der Waals surface area contributed by atoms with Gasteiger partial charge in [-0.05, 0) is 26.2 Å². The fraction of sp³-hybridized carbons (Fsp3) is 0.667. The molecule has 1 saturated heterocycles. The zero-order chi connectivity index (χ0) is 15.0. The lowest BCUT2D eigenvalue weighted by Crippen LogP contribution is -2.69. The van der Waals surface area contributed by atoms with E-state index in [1.54, 1.807) is 16.2 Å². The summed E-state index contributed by atoms with van der Waals surface area (Å²) in [6.07, 6.45) is 4.18. The molecule has 2 fully saturated rings. The van der Waals surface area contributed by atoms with Crippen LogP contribution >= 0.6 is 11.3 Å². The van der Waals surface area contributed by atoms with Gasteiger partial charge < -0.3 is 10.2 Å². The van der Waals surface area contributed by atoms with Crippen LogP contribution in [-0.4, -0.2) is 33.3 Å². The molecule has 2 aliphatic rings. The summed E-state index contributed by atoms with van der Waals surface area (Å²) in [7, 11) is 0. The first-order valence-electron chi connectivity index (χ1n) is 7.60. The molecule has 1 spiro atoms. The summed E-state index contributed by atoms with van der Waals surface area (Å²) in [6, 6.07) is -0.368. The molecule has 114 valence electrons. The Morgan fingerprint density at radius 3 is 2.71 bits per heavy atom. The van der Waals surface area contributed by atoms with E-state index in [2.05, 4.69) is 10.3 Å². The summed E-state index contributed by atoms with van der Waals surface area (Å²) in [5.41, 5.74) is 0.322. The van der Waals surface area contributed by atoms with Gasteiger partial charge in [0.25, 0.3) is 0 Å². The second-order valence-corrected chi connectivity index (χ2v) is 6.96. The van der Waals surface area contributed by atoms with Gasteiger partial charge in [-0.3, -0.25) is 9.59 Å². The van der Waals surface area contributed by atoms with E-state index in [1.165, 1.54) is 0 Å². The van der Waals surface area contributed by atoms with Crippen LogP contribution in [0.2, 0.25) is 0 Å². The lowest BCUT2D eigenvalue weighted by Gasteiger charge is -2.44. The molecule has 1 aromatic rings. The average Bonchev–Trinajstić information content (AvgIpc) is 3.06. The molecule has 21 heavy (non-hydrogen) atoms. The number of piperazine rings is 1. The lowest BCUT2D eigenvalue weighted by molar-refractivity contribution is -0.155. The van der Waals surface area contributed by atoms with E-state index >= 15 is 0 Å². The van der Waals surface area contributed by atoms with Crippen molar-refractivity contribution in [1.82, 2.24) is 15.2 Å². The minimum absolute atomic E-state index is 0.00715. The third kappa shape index (κ3) is 2.46. The topological polar surface area (TPSA) is 62.3 Å². The van der Waals surface area contributed by atoms with E-state index in [4.69, 9.17) is 0 Å². The highest BCUT2D eigenvalue weighted by atomic mass is 32.1. The quantitative estimate of drug-likeness (QED) is 0.929. The number of carbonyl (C=O) groups excluding carboxylic acids is 2. The standard InChI is InChI=1S/C15H21N3O2S/c1-3-11-13(19)17-15(6-4-5-7-15)14(20)18(11)8-12-16-10(2)9-21-12/h9,11H,3-8H2,1-2H3,(H,17,19).